The van der Waals surface area contributed by atoms with Gasteiger partial charge in [0.05, 0.1) is 10.6 Å². The molecule has 0 fully saturated rings. The second-order valence-electron chi connectivity index (χ2n) is 6.14. The summed E-state index contributed by atoms with van der Waals surface area (Å²) in [4.78, 5) is 19.9. The standard InChI is InChI=1S/C19H9Cl2F6N3O3/c20-13-7-11(33-19(25,26)27)1-2-14(13)32-17-12(5-9(8-29-17)18(22,23)24)16(31)30-10-3-4-28-15(21)6-10/h1-8H,(H,28,30,31). The molecule has 3 aromatic rings. The SMILES string of the molecule is O=C(Nc1ccnc(Cl)c1)c1cc(C(F)(F)F)cnc1Oc1ccc(OC(F)(F)F)cc1Cl. The van der Waals surface area contributed by atoms with Crippen LogP contribution in [0.4, 0.5) is 32.0 Å². The molecule has 0 aliphatic rings. The van der Waals surface area contributed by atoms with Gasteiger partial charge in [0.2, 0.25) is 5.88 Å². The number of halogens is 8. The summed E-state index contributed by atoms with van der Waals surface area (Å²) in [6.45, 7) is 0. The molecule has 14 heteroatoms. The lowest BCUT2D eigenvalue weighted by Crippen LogP contribution is -2.17. The third-order valence-electron chi connectivity index (χ3n) is 3.75. The molecular formula is C19H9Cl2F6N3O3. The first-order chi connectivity index (χ1) is 15.3. The fourth-order valence-electron chi connectivity index (χ4n) is 2.40. The Kier molecular flexibility index (Phi) is 6.89. The second-order valence-corrected chi connectivity index (χ2v) is 6.93. The molecule has 0 unspecified atom stereocenters. The van der Waals surface area contributed by atoms with Crippen LogP contribution >= 0.6 is 23.2 Å². The van der Waals surface area contributed by atoms with Gasteiger partial charge < -0.3 is 14.8 Å². The summed E-state index contributed by atoms with van der Waals surface area (Å²) in [5.41, 5.74) is -1.76. The monoisotopic (exact) mass is 511 g/mol. The van der Waals surface area contributed by atoms with Gasteiger partial charge in [0, 0.05) is 24.1 Å². The highest BCUT2D eigenvalue weighted by Gasteiger charge is 2.33. The molecule has 2 aromatic heterocycles. The van der Waals surface area contributed by atoms with Gasteiger partial charge in [-0.15, -0.1) is 13.2 Å². The van der Waals surface area contributed by atoms with Crippen LogP contribution in [0.3, 0.4) is 0 Å². The van der Waals surface area contributed by atoms with Crippen molar-refractivity contribution < 1.29 is 40.6 Å². The predicted molar refractivity (Wildman–Crippen MR) is 105 cm³/mol. The maximum absolute atomic E-state index is 13.1. The molecule has 1 aromatic carbocycles. The predicted octanol–water partition coefficient (Wildman–Crippen LogP) is 6.75. The summed E-state index contributed by atoms with van der Waals surface area (Å²) in [5, 5.41) is 1.95. The number of hydrogen-bond acceptors (Lipinski definition) is 5. The topological polar surface area (TPSA) is 73.3 Å². The van der Waals surface area contributed by atoms with Crippen molar-refractivity contribution in [2.24, 2.45) is 0 Å². The van der Waals surface area contributed by atoms with E-state index in [0.29, 0.717) is 12.3 Å². The number of pyridine rings is 2. The molecule has 2 heterocycles. The number of alkyl halides is 6. The Morgan fingerprint density at radius 3 is 2.30 bits per heavy atom. The van der Waals surface area contributed by atoms with Crippen molar-refractivity contribution in [2.75, 3.05) is 5.32 Å². The summed E-state index contributed by atoms with van der Waals surface area (Å²) < 4.78 is 85.5. The lowest BCUT2D eigenvalue weighted by atomic mass is 10.1. The minimum Gasteiger partial charge on any atom is -0.437 e. The molecular weight excluding hydrogens is 503 g/mol. The smallest absolute Gasteiger partial charge is 0.437 e. The van der Waals surface area contributed by atoms with Gasteiger partial charge in [0.25, 0.3) is 5.91 Å². The number of carbonyl (C=O) groups excluding carboxylic acids is 1. The van der Waals surface area contributed by atoms with E-state index in [-0.39, 0.29) is 21.6 Å². The lowest BCUT2D eigenvalue weighted by molar-refractivity contribution is -0.274. The number of aromatic nitrogens is 2. The number of amides is 1. The van der Waals surface area contributed by atoms with E-state index >= 15 is 0 Å². The molecule has 0 saturated carbocycles. The molecule has 0 saturated heterocycles. The Balaban J connectivity index is 1.95. The van der Waals surface area contributed by atoms with Crippen molar-refractivity contribution in [3.63, 3.8) is 0 Å². The lowest BCUT2D eigenvalue weighted by Gasteiger charge is -2.15. The fraction of sp³-hybridized carbons (Fsp3) is 0.105. The maximum atomic E-state index is 13.1. The van der Waals surface area contributed by atoms with Crippen LogP contribution in [0.2, 0.25) is 10.2 Å². The van der Waals surface area contributed by atoms with Crippen LogP contribution in [0.5, 0.6) is 17.4 Å². The summed E-state index contributed by atoms with van der Waals surface area (Å²) in [7, 11) is 0. The second kappa shape index (κ2) is 9.32. The molecule has 6 nitrogen and oxygen atoms in total. The molecule has 1 amide bonds. The van der Waals surface area contributed by atoms with Gasteiger partial charge in [0.1, 0.15) is 22.2 Å². The Labute approximate surface area is 191 Å². The Morgan fingerprint density at radius 1 is 0.970 bits per heavy atom. The number of rotatable bonds is 5. The van der Waals surface area contributed by atoms with Gasteiger partial charge >= 0.3 is 12.5 Å². The van der Waals surface area contributed by atoms with Crippen LogP contribution in [0.15, 0.2) is 48.8 Å². The average molecular weight is 512 g/mol. The zero-order chi connectivity index (χ0) is 24.4. The van der Waals surface area contributed by atoms with E-state index in [0.717, 1.165) is 18.2 Å². The van der Waals surface area contributed by atoms with Crippen LogP contribution in [0.1, 0.15) is 15.9 Å². The van der Waals surface area contributed by atoms with Crippen LogP contribution in [0.25, 0.3) is 0 Å². The van der Waals surface area contributed by atoms with Gasteiger partial charge in [-0.2, -0.15) is 13.2 Å². The third-order valence-corrected chi connectivity index (χ3v) is 4.25. The van der Waals surface area contributed by atoms with Crippen molar-refractivity contribution in [3.8, 4) is 17.4 Å². The van der Waals surface area contributed by atoms with E-state index in [1.807, 2.05) is 0 Å². The minimum absolute atomic E-state index is 0.0133. The number of anilines is 1. The van der Waals surface area contributed by atoms with E-state index in [4.69, 9.17) is 27.9 Å². The van der Waals surface area contributed by atoms with E-state index in [9.17, 15) is 31.1 Å². The average Bonchev–Trinajstić information content (AvgIpc) is 2.68. The number of hydrogen-bond donors (Lipinski definition) is 1. The van der Waals surface area contributed by atoms with Crippen molar-refractivity contribution in [2.45, 2.75) is 12.5 Å². The van der Waals surface area contributed by atoms with E-state index in [1.54, 1.807) is 0 Å². The zero-order valence-electron chi connectivity index (χ0n) is 15.8. The van der Waals surface area contributed by atoms with Gasteiger partial charge in [-0.3, -0.25) is 4.79 Å². The Hall–Kier alpha value is -3.25. The molecule has 0 spiro atoms. The molecule has 0 bridgehead atoms. The minimum atomic E-state index is -4.97. The van der Waals surface area contributed by atoms with Gasteiger partial charge in [-0.25, -0.2) is 9.97 Å². The molecule has 0 radical (unpaired) electrons. The first-order valence-electron chi connectivity index (χ1n) is 8.55. The van der Waals surface area contributed by atoms with Crippen LogP contribution in [0, 0.1) is 0 Å². The van der Waals surface area contributed by atoms with Crippen LogP contribution in [-0.4, -0.2) is 22.2 Å². The number of benzene rings is 1. The number of carbonyl (C=O) groups is 1. The molecule has 3 rings (SSSR count). The van der Waals surface area contributed by atoms with Gasteiger partial charge in [0.15, 0.2) is 0 Å². The molecule has 174 valence electrons. The summed E-state index contributed by atoms with van der Waals surface area (Å²) in [6, 6.07) is 5.67. The van der Waals surface area contributed by atoms with Gasteiger partial charge in [-0.1, -0.05) is 23.2 Å². The Bertz CT molecular complexity index is 1190. The van der Waals surface area contributed by atoms with Crippen molar-refractivity contribution >= 4 is 34.8 Å². The molecule has 0 aliphatic heterocycles. The van der Waals surface area contributed by atoms with Crippen LogP contribution in [-0.2, 0) is 6.18 Å². The highest BCUT2D eigenvalue weighted by molar-refractivity contribution is 6.32. The van der Waals surface area contributed by atoms with Crippen molar-refractivity contribution in [1.29, 1.82) is 0 Å². The first-order valence-corrected chi connectivity index (χ1v) is 9.31. The quantitative estimate of drug-likeness (QED) is 0.303. The van der Waals surface area contributed by atoms with E-state index in [2.05, 4.69) is 20.0 Å². The first kappa shape index (κ1) is 24.4. The Morgan fingerprint density at radius 2 is 1.70 bits per heavy atom. The van der Waals surface area contributed by atoms with Crippen molar-refractivity contribution in [1.82, 2.24) is 9.97 Å². The van der Waals surface area contributed by atoms with E-state index in [1.165, 1.54) is 18.3 Å². The fourth-order valence-corrected chi connectivity index (χ4v) is 2.78. The largest absolute Gasteiger partial charge is 0.573 e. The highest BCUT2D eigenvalue weighted by atomic mass is 35.5. The maximum Gasteiger partial charge on any atom is 0.573 e. The van der Waals surface area contributed by atoms with Crippen LogP contribution < -0.4 is 14.8 Å². The number of nitrogens with one attached hydrogen (secondary N) is 1. The van der Waals surface area contributed by atoms with Crippen molar-refractivity contribution in [3.05, 3.63) is 70.1 Å². The molecule has 1 N–H and O–H groups in total. The molecule has 0 aliphatic carbocycles. The summed E-state index contributed by atoms with van der Waals surface area (Å²) in [6.07, 6.45) is -8.12. The number of ether oxygens (including phenoxy) is 2. The third kappa shape index (κ3) is 6.62. The molecule has 0 atom stereocenters. The van der Waals surface area contributed by atoms with E-state index < -0.39 is 41.2 Å². The summed E-state index contributed by atoms with van der Waals surface area (Å²) >= 11 is 11.6. The molecule has 33 heavy (non-hydrogen) atoms. The summed E-state index contributed by atoms with van der Waals surface area (Å²) in [5.74, 6) is -2.58. The highest BCUT2D eigenvalue weighted by Crippen LogP contribution is 2.37. The zero-order valence-corrected chi connectivity index (χ0v) is 17.3. The number of nitrogens with zero attached hydrogens (tertiary/aromatic N) is 2. The normalized spacial score (nSPS) is 11.8. The van der Waals surface area contributed by atoms with Gasteiger partial charge in [-0.05, 0) is 30.3 Å².